The number of para-hydroxylation sites is 1. The van der Waals surface area contributed by atoms with E-state index < -0.39 is 11.9 Å². The number of nitrogens with one attached hydrogen (secondary N) is 2. The van der Waals surface area contributed by atoms with Gasteiger partial charge in [-0.3, -0.25) is 19.3 Å². The molecule has 0 atom stereocenters. The maximum atomic E-state index is 13.4. The average Bonchev–Trinajstić information content (AvgIpc) is 3.27. The van der Waals surface area contributed by atoms with E-state index in [1.807, 2.05) is 6.07 Å². The van der Waals surface area contributed by atoms with Crippen LogP contribution in [0.25, 0.3) is 22.4 Å². The molecule has 0 bridgehead atoms. The summed E-state index contributed by atoms with van der Waals surface area (Å²) in [5, 5.41) is 14.1. The van der Waals surface area contributed by atoms with Crippen LogP contribution in [0.2, 0.25) is 0 Å². The number of carbonyl (C=O) groups is 2. The topological polar surface area (TPSA) is 129 Å². The normalized spacial score (nSPS) is 11.0. The van der Waals surface area contributed by atoms with Crippen LogP contribution in [0.3, 0.4) is 0 Å². The van der Waals surface area contributed by atoms with Crippen LogP contribution in [-0.4, -0.2) is 64.2 Å². The summed E-state index contributed by atoms with van der Waals surface area (Å²) >= 11 is 1.10. The lowest BCUT2D eigenvalue weighted by Crippen LogP contribution is -2.41. The Morgan fingerprint density at radius 1 is 1.09 bits per heavy atom. The minimum atomic E-state index is -0.605. The van der Waals surface area contributed by atoms with Crippen molar-refractivity contribution in [3.05, 3.63) is 58.9 Å². The monoisotopic (exact) mass is 482 g/mol. The van der Waals surface area contributed by atoms with Crippen LogP contribution in [-0.2, 0) is 9.53 Å². The van der Waals surface area contributed by atoms with E-state index in [9.17, 15) is 14.4 Å². The SMILES string of the molecule is COCCNC(=O)NC(=O)CSc1nnc2n(-c3cccc(OC)c3)c(=O)c3ccccc3n12. The highest BCUT2D eigenvalue weighted by Gasteiger charge is 2.19. The zero-order valence-corrected chi connectivity index (χ0v) is 19.3. The highest BCUT2D eigenvalue weighted by molar-refractivity contribution is 7.99. The van der Waals surface area contributed by atoms with E-state index in [-0.39, 0.29) is 23.6 Å². The zero-order valence-electron chi connectivity index (χ0n) is 18.5. The minimum Gasteiger partial charge on any atom is -0.497 e. The van der Waals surface area contributed by atoms with Crippen LogP contribution in [0.15, 0.2) is 58.5 Å². The van der Waals surface area contributed by atoms with Gasteiger partial charge >= 0.3 is 6.03 Å². The summed E-state index contributed by atoms with van der Waals surface area (Å²) < 4.78 is 13.3. The molecule has 0 radical (unpaired) electrons. The van der Waals surface area contributed by atoms with Gasteiger partial charge in [-0.2, -0.15) is 0 Å². The predicted molar refractivity (Wildman–Crippen MR) is 127 cm³/mol. The molecule has 3 amide bonds. The number of amides is 3. The summed E-state index contributed by atoms with van der Waals surface area (Å²) in [6.07, 6.45) is 0. The number of thioether (sulfide) groups is 1. The summed E-state index contributed by atoms with van der Waals surface area (Å²) in [6, 6.07) is 13.5. The average molecular weight is 483 g/mol. The molecule has 2 aromatic carbocycles. The molecule has 2 aromatic heterocycles. The van der Waals surface area contributed by atoms with Crippen LogP contribution in [0, 0.1) is 0 Å². The molecule has 0 unspecified atom stereocenters. The van der Waals surface area contributed by atoms with E-state index >= 15 is 0 Å². The largest absolute Gasteiger partial charge is 0.497 e. The van der Waals surface area contributed by atoms with Gasteiger partial charge in [0.15, 0.2) is 5.16 Å². The van der Waals surface area contributed by atoms with Crippen molar-refractivity contribution in [1.29, 1.82) is 0 Å². The minimum absolute atomic E-state index is 0.0783. The molecule has 0 aliphatic carbocycles. The Morgan fingerprint density at radius 2 is 1.91 bits per heavy atom. The van der Waals surface area contributed by atoms with E-state index in [1.165, 1.54) is 11.7 Å². The fourth-order valence-electron chi connectivity index (χ4n) is 3.36. The summed E-state index contributed by atoms with van der Waals surface area (Å²) in [7, 11) is 3.06. The first-order chi connectivity index (χ1) is 16.5. The number of rotatable bonds is 8. The first-order valence-electron chi connectivity index (χ1n) is 10.3. The molecule has 0 fully saturated rings. The van der Waals surface area contributed by atoms with Gasteiger partial charge in [-0.15, -0.1) is 10.2 Å². The number of nitrogens with zero attached hydrogens (tertiary/aromatic N) is 4. The third-order valence-electron chi connectivity index (χ3n) is 4.88. The molecule has 4 aromatic rings. The van der Waals surface area contributed by atoms with Crippen molar-refractivity contribution in [2.24, 2.45) is 0 Å². The Kier molecular flexibility index (Phi) is 7.09. The molecule has 176 valence electrons. The number of imide groups is 1. The van der Waals surface area contributed by atoms with Crippen LogP contribution in [0.5, 0.6) is 5.75 Å². The molecule has 12 heteroatoms. The number of hydrogen-bond donors (Lipinski definition) is 2. The second-order valence-electron chi connectivity index (χ2n) is 7.06. The first kappa shape index (κ1) is 23.3. The number of methoxy groups -OCH3 is 2. The molecule has 0 spiro atoms. The van der Waals surface area contributed by atoms with Crippen LogP contribution in [0.1, 0.15) is 0 Å². The summed E-state index contributed by atoms with van der Waals surface area (Å²) in [5.41, 5.74) is 0.909. The van der Waals surface area contributed by atoms with Crippen LogP contribution >= 0.6 is 11.8 Å². The fourth-order valence-corrected chi connectivity index (χ4v) is 4.10. The van der Waals surface area contributed by atoms with Crippen LogP contribution in [0.4, 0.5) is 4.79 Å². The molecule has 4 rings (SSSR count). The zero-order chi connectivity index (χ0) is 24.1. The standard InChI is InChI=1S/C22H22N6O5S/c1-32-11-10-23-20(31)24-18(29)13-34-22-26-25-21-27(14-6-5-7-15(12-14)33-2)19(30)16-8-3-4-9-17(16)28(21)22/h3-9,12H,10-11,13H2,1-2H3,(H2,23,24,29,31). The van der Waals surface area contributed by atoms with Gasteiger partial charge in [0.2, 0.25) is 11.7 Å². The number of hydrogen-bond acceptors (Lipinski definition) is 8. The third kappa shape index (κ3) is 4.72. The molecule has 0 aliphatic rings. The molecular formula is C22H22N6O5S. The van der Waals surface area contributed by atoms with Crippen molar-refractivity contribution in [2.45, 2.75) is 5.16 Å². The van der Waals surface area contributed by atoms with Crippen molar-refractivity contribution < 1.29 is 19.1 Å². The van der Waals surface area contributed by atoms with Gasteiger partial charge in [-0.05, 0) is 24.3 Å². The molecule has 11 nitrogen and oxygen atoms in total. The second kappa shape index (κ2) is 10.4. The Morgan fingerprint density at radius 3 is 2.71 bits per heavy atom. The van der Waals surface area contributed by atoms with E-state index in [4.69, 9.17) is 9.47 Å². The number of carbonyl (C=O) groups excluding carboxylic acids is 2. The number of aromatic nitrogens is 4. The maximum Gasteiger partial charge on any atom is 0.321 e. The van der Waals surface area contributed by atoms with Gasteiger partial charge in [0, 0.05) is 19.7 Å². The van der Waals surface area contributed by atoms with Crippen molar-refractivity contribution in [3.8, 4) is 11.4 Å². The molecule has 2 heterocycles. The number of fused-ring (bicyclic) bond motifs is 3. The number of benzene rings is 2. The van der Waals surface area contributed by atoms with Gasteiger partial charge < -0.3 is 14.8 Å². The highest BCUT2D eigenvalue weighted by Crippen LogP contribution is 2.24. The van der Waals surface area contributed by atoms with Gasteiger partial charge in [0.25, 0.3) is 5.56 Å². The molecule has 34 heavy (non-hydrogen) atoms. The van der Waals surface area contributed by atoms with E-state index in [2.05, 4.69) is 20.8 Å². The molecule has 0 saturated carbocycles. The summed E-state index contributed by atoms with van der Waals surface area (Å²) in [6.45, 7) is 0.621. The van der Waals surface area contributed by atoms with Crippen molar-refractivity contribution in [1.82, 2.24) is 29.8 Å². The lowest BCUT2D eigenvalue weighted by atomic mass is 10.2. The fraction of sp³-hybridized carbons (Fsp3) is 0.227. The van der Waals surface area contributed by atoms with Crippen LogP contribution < -0.4 is 20.9 Å². The molecule has 0 saturated heterocycles. The van der Waals surface area contributed by atoms with E-state index in [0.29, 0.717) is 34.1 Å². The van der Waals surface area contributed by atoms with Crippen molar-refractivity contribution in [3.63, 3.8) is 0 Å². The molecular weight excluding hydrogens is 460 g/mol. The van der Waals surface area contributed by atoms with Crippen molar-refractivity contribution in [2.75, 3.05) is 33.1 Å². The van der Waals surface area contributed by atoms with Crippen molar-refractivity contribution >= 4 is 40.4 Å². The first-order valence-corrected chi connectivity index (χ1v) is 11.2. The van der Waals surface area contributed by atoms with E-state index in [0.717, 1.165) is 11.8 Å². The van der Waals surface area contributed by atoms with Gasteiger partial charge in [-0.1, -0.05) is 30.0 Å². The Hall–Kier alpha value is -3.90. The number of urea groups is 1. The summed E-state index contributed by atoms with van der Waals surface area (Å²) in [4.78, 5) is 37.4. The van der Waals surface area contributed by atoms with Gasteiger partial charge in [0.05, 0.1) is 36.1 Å². The lowest BCUT2D eigenvalue weighted by Gasteiger charge is -2.12. The van der Waals surface area contributed by atoms with Gasteiger partial charge in [-0.25, -0.2) is 9.36 Å². The third-order valence-corrected chi connectivity index (χ3v) is 5.81. The molecule has 0 aliphatic heterocycles. The Labute approximate surface area is 198 Å². The van der Waals surface area contributed by atoms with E-state index in [1.54, 1.807) is 54.0 Å². The Bertz CT molecular complexity index is 1420. The quantitative estimate of drug-likeness (QED) is 0.286. The highest BCUT2D eigenvalue weighted by atomic mass is 32.2. The smallest absolute Gasteiger partial charge is 0.321 e. The maximum absolute atomic E-state index is 13.4. The number of ether oxygens (including phenoxy) is 2. The summed E-state index contributed by atoms with van der Waals surface area (Å²) in [5.74, 6) is 0.301. The molecule has 2 N–H and O–H groups in total. The second-order valence-corrected chi connectivity index (χ2v) is 8.01. The predicted octanol–water partition coefficient (Wildman–Crippen LogP) is 1.61. The Balaban J connectivity index is 1.69. The lowest BCUT2D eigenvalue weighted by molar-refractivity contribution is -0.117. The van der Waals surface area contributed by atoms with Gasteiger partial charge in [0.1, 0.15) is 5.75 Å².